The number of nitrogens with one attached hydrogen (secondary N) is 1. The van der Waals surface area contributed by atoms with Gasteiger partial charge < -0.3 is 19.5 Å². The Kier molecular flexibility index (Phi) is 9.72. The summed E-state index contributed by atoms with van der Waals surface area (Å²) in [6.07, 6.45) is 0.204. The van der Waals surface area contributed by atoms with Crippen molar-refractivity contribution in [3.05, 3.63) is 95.6 Å². The molecule has 0 aliphatic heterocycles. The third-order valence-electron chi connectivity index (χ3n) is 5.51. The monoisotopic (exact) mass is 475 g/mol. The standard InChI is InChI=1S/C29H33NO5/c1-4-33-29(32)22(3)30-28(31)17-21(2)26-16-15-25(34-19-23-11-7-5-8-12-23)18-27(26)35-20-24-13-9-6-10-14-24/h5-16,18,21-22H,4,17,19-20H2,1-3H3,(H,30,31)/t21?,22-/m0/s1. The molecule has 184 valence electrons. The summed E-state index contributed by atoms with van der Waals surface area (Å²) in [5, 5.41) is 2.71. The van der Waals surface area contributed by atoms with Crippen LogP contribution in [0.25, 0.3) is 0 Å². The maximum absolute atomic E-state index is 12.6. The Bertz CT molecular complexity index is 1080. The Labute approximate surface area is 207 Å². The van der Waals surface area contributed by atoms with E-state index < -0.39 is 12.0 Å². The molecule has 0 heterocycles. The highest BCUT2D eigenvalue weighted by Gasteiger charge is 2.21. The van der Waals surface area contributed by atoms with Crippen molar-refractivity contribution in [3.8, 4) is 11.5 Å². The van der Waals surface area contributed by atoms with Crippen LogP contribution in [0.4, 0.5) is 0 Å². The fourth-order valence-corrected chi connectivity index (χ4v) is 3.63. The van der Waals surface area contributed by atoms with E-state index >= 15 is 0 Å². The summed E-state index contributed by atoms with van der Waals surface area (Å²) in [6.45, 7) is 6.43. The van der Waals surface area contributed by atoms with Crippen LogP contribution in [-0.2, 0) is 27.5 Å². The summed E-state index contributed by atoms with van der Waals surface area (Å²) in [7, 11) is 0. The van der Waals surface area contributed by atoms with E-state index in [4.69, 9.17) is 14.2 Å². The maximum Gasteiger partial charge on any atom is 0.328 e. The molecule has 3 aromatic carbocycles. The molecule has 0 bridgehead atoms. The zero-order valence-corrected chi connectivity index (χ0v) is 20.5. The number of rotatable bonds is 12. The van der Waals surface area contributed by atoms with Gasteiger partial charge in [-0.3, -0.25) is 4.79 Å². The van der Waals surface area contributed by atoms with Crippen LogP contribution in [0.15, 0.2) is 78.9 Å². The minimum atomic E-state index is -0.697. The second-order valence-corrected chi connectivity index (χ2v) is 8.39. The lowest BCUT2D eigenvalue weighted by Gasteiger charge is -2.19. The largest absolute Gasteiger partial charge is 0.489 e. The van der Waals surface area contributed by atoms with Gasteiger partial charge in [0, 0.05) is 12.5 Å². The van der Waals surface area contributed by atoms with Crippen LogP contribution in [-0.4, -0.2) is 24.5 Å². The van der Waals surface area contributed by atoms with Crippen LogP contribution in [0.2, 0.25) is 0 Å². The molecule has 0 aliphatic rings. The molecule has 1 N–H and O–H groups in total. The summed E-state index contributed by atoms with van der Waals surface area (Å²) in [4.78, 5) is 24.4. The van der Waals surface area contributed by atoms with Crippen molar-refractivity contribution in [2.45, 2.75) is 52.4 Å². The number of hydrogen-bond acceptors (Lipinski definition) is 5. The average Bonchev–Trinajstić information content (AvgIpc) is 2.87. The lowest BCUT2D eigenvalue weighted by atomic mass is 9.96. The number of benzene rings is 3. The van der Waals surface area contributed by atoms with Crippen molar-refractivity contribution in [2.75, 3.05) is 6.61 Å². The fourth-order valence-electron chi connectivity index (χ4n) is 3.63. The quantitative estimate of drug-likeness (QED) is 0.355. The van der Waals surface area contributed by atoms with E-state index in [2.05, 4.69) is 5.32 Å². The van der Waals surface area contributed by atoms with Gasteiger partial charge in [0.05, 0.1) is 6.61 Å². The van der Waals surface area contributed by atoms with E-state index in [0.717, 1.165) is 16.7 Å². The van der Waals surface area contributed by atoms with Crippen molar-refractivity contribution in [1.29, 1.82) is 0 Å². The van der Waals surface area contributed by atoms with Gasteiger partial charge >= 0.3 is 5.97 Å². The Balaban J connectivity index is 1.72. The zero-order valence-electron chi connectivity index (χ0n) is 20.5. The minimum absolute atomic E-state index is 0.140. The normalized spacial score (nSPS) is 12.3. The number of amides is 1. The van der Waals surface area contributed by atoms with Crippen LogP contribution < -0.4 is 14.8 Å². The molecule has 6 nitrogen and oxygen atoms in total. The van der Waals surface area contributed by atoms with Gasteiger partial charge in [-0.05, 0) is 42.5 Å². The first kappa shape index (κ1) is 25.8. The highest BCUT2D eigenvalue weighted by atomic mass is 16.5. The van der Waals surface area contributed by atoms with E-state index in [-0.39, 0.29) is 24.9 Å². The van der Waals surface area contributed by atoms with E-state index in [1.807, 2.05) is 85.8 Å². The van der Waals surface area contributed by atoms with Gasteiger partial charge in [-0.2, -0.15) is 0 Å². The molecule has 3 rings (SSSR count). The molecule has 0 aromatic heterocycles. The number of carbonyl (C=O) groups is 2. The molecule has 1 amide bonds. The molecule has 3 aromatic rings. The molecule has 0 radical (unpaired) electrons. The number of ether oxygens (including phenoxy) is 3. The van der Waals surface area contributed by atoms with Crippen LogP contribution >= 0.6 is 0 Å². The third kappa shape index (κ3) is 8.18. The summed E-state index contributed by atoms with van der Waals surface area (Å²) < 4.78 is 17.1. The van der Waals surface area contributed by atoms with Crippen LogP contribution in [0.1, 0.15) is 49.8 Å². The molecule has 0 spiro atoms. The predicted molar refractivity (Wildman–Crippen MR) is 135 cm³/mol. The molecule has 1 unspecified atom stereocenters. The summed E-state index contributed by atoms with van der Waals surface area (Å²) >= 11 is 0. The van der Waals surface area contributed by atoms with E-state index in [9.17, 15) is 9.59 Å². The summed E-state index contributed by atoms with van der Waals surface area (Å²) in [5.41, 5.74) is 3.01. The van der Waals surface area contributed by atoms with Crippen LogP contribution in [0.5, 0.6) is 11.5 Å². The third-order valence-corrected chi connectivity index (χ3v) is 5.51. The second kappa shape index (κ2) is 13.2. The molecular formula is C29H33NO5. The Morgan fingerprint density at radius 3 is 2.03 bits per heavy atom. The Hall–Kier alpha value is -3.80. The zero-order chi connectivity index (χ0) is 25.0. The van der Waals surface area contributed by atoms with Gasteiger partial charge in [0.1, 0.15) is 30.8 Å². The minimum Gasteiger partial charge on any atom is -0.489 e. The van der Waals surface area contributed by atoms with Crippen LogP contribution in [0, 0.1) is 0 Å². The van der Waals surface area contributed by atoms with Gasteiger partial charge in [-0.25, -0.2) is 4.79 Å². The number of carbonyl (C=O) groups excluding carboxylic acids is 2. The SMILES string of the molecule is CCOC(=O)[C@H](C)NC(=O)CC(C)c1ccc(OCc2ccccc2)cc1OCc1ccccc1. The first-order valence-corrected chi connectivity index (χ1v) is 11.9. The molecular weight excluding hydrogens is 442 g/mol. The summed E-state index contributed by atoms with van der Waals surface area (Å²) in [6, 6.07) is 24.9. The first-order chi connectivity index (χ1) is 17.0. The topological polar surface area (TPSA) is 73.9 Å². The maximum atomic E-state index is 12.6. The van der Waals surface area contributed by atoms with Crippen molar-refractivity contribution in [3.63, 3.8) is 0 Å². The predicted octanol–water partition coefficient (Wildman–Crippen LogP) is 5.41. The van der Waals surface area contributed by atoms with E-state index in [1.54, 1.807) is 13.8 Å². The number of esters is 1. The molecule has 6 heteroatoms. The smallest absolute Gasteiger partial charge is 0.328 e. The molecule has 2 atom stereocenters. The average molecular weight is 476 g/mol. The first-order valence-electron chi connectivity index (χ1n) is 11.9. The Morgan fingerprint density at radius 1 is 0.829 bits per heavy atom. The van der Waals surface area contributed by atoms with Crippen molar-refractivity contribution >= 4 is 11.9 Å². The number of hydrogen-bond donors (Lipinski definition) is 1. The molecule has 35 heavy (non-hydrogen) atoms. The highest BCUT2D eigenvalue weighted by Crippen LogP contribution is 2.33. The van der Waals surface area contributed by atoms with Gasteiger partial charge in [0.25, 0.3) is 0 Å². The van der Waals surface area contributed by atoms with Gasteiger partial charge in [0.15, 0.2) is 0 Å². The van der Waals surface area contributed by atoms with Gasteiger partial charge in [-0.15, -0.1) is 0 Å². The molecule has 0 saturated heterocycles. The van der Waals surface area contributed by atoms with Gasteiger partial charge in [-0.1, -0.05) is 73.7 Å². The Morgan fingerprint density at radius 2 is 1.43 bits per heavy atom. The lowest BCUT2D eigenvalue weighted by molar-refractivity contribution is -0.146. The van der Waals surface area contributed by atoms with E-state index in [1.165, 1.54) is 0 Å². The summed E-state index contributed by atoms with van der Waals surface area (Å²) in [5.74, 6) is 0.543. The van der Waals surface area contributed by atoms with Crippen molar-refractivity contribution in [1.82, 2.24) is 5.32 Å². The molecule has 0 fully saturated rings. The second-order valence-electron chi connectivity index (χ2n) is 8.39. The molecule has 0 aliphatic carbocycles. The molecule has 0 saturated carbocycles. The van der Waals surface area contributed by atoms with Crippen LogP contribution in [0.3, 0.4) is 0 Å². The van der Waals surface area contributed by atoms with Crippen molar-refractivity contribution in [2.24, 2.45) is 0 Å². The lowest BCUT2D eigenvalue weighted by Crippen LogP contribution is -2.39. The van der Waals surface area contributed by atoms with E-state index in [0.29, 0.717) is 24.7 Å². The van der Waals surface area contributed by atoms with Gasteiger partial charge in [0.2, 0.25) is 5.91 Å². The fraction of sp³-hybridized carbons (Fsp3) is 0.310. The highest BCUT2D eigenvalue weighted by molar-refractivity contribution is 5.84. The van der Waals surface area contributed by atoms with Crippen molar-refractivity contribution < 1.29 is 23.8 Å².